The zero-order valence-electron chi connectivity index (χ0n) is 15.8. The summed E-state index contributed by atoms with van der Waals surface area (Å²) in [7, 11) is -3.69. The number of hydrogen-bond acceptors (Lipinski definition) is 4. The second-order valence-electron chi connectivity index (χ2n) is 6.37. The first kappa shape index (κ1) is 20.5. The van der Waals surface area contributed by atoms with Crippen LogP contribution in [-0.2, 0) is 23.1 Å². The van der Waals surface area contributed by atoms with Crippen molar-refractivity contribution in [2.45, 2.75) is 18.0 Å². The van der Waals surface area contributed by atoms with Crippen LogP contribution in [-0.4, -0.2) is 30.7 Å². The van der Waals surface area contributed by atoms with E-state index in [2.05, 4.69) is 21.7 Å². The number of nitrogens with zero attached hydrogens (tertiary/aromatic N) is 2. The molecule has 0 saturated heterocycles. The van der Waals surface area contributed by atoms with E-state index in [9.17, 15) is 13.2 Å². The van der Waals surface area contributed by atoms with Crippen molar-refractivity contribution in [3.8, 4) is 0 Å². The maximum atomic E-state index is 12.5. The fourth-order valence-corrected chi connectivity index (χ4v) is 3.80. The zero-order chi connectivity index (χ0) is 20.7. The summed E-state index contributed by atoms with van der Waals surface area (Å²) in [6, 6.07) is 15.6. The summed E-state index contributed by atoms with van der Waals surface area (Å²) in [6.07, 6.45) is 5.07. The molecule has 0 radical (unpaired) electrons. The average molecular weight is 410 g/mol. The third kappa shape index (κ3) is 5.63. The van der Waals surface area contributed by atoms with Gasteiger partial charge in [-0.15, -0.1) is 6.58 Å². The van der Waals surface area contributed by atoms with Crippen molar-refractivity contribution in [1.29, 1.82) is 0 Å². The summed E-state index contributed by atoms with van der Waals surface area (Å²) in [5, 5.41) is 7.02. The van der Waals surface area contributed by atoms with Gasteiger partial charge in [0.05, 0.1) is 11.4 Å². The molecule has 2 N–H and O–H groups in total. The van der Waals surface area contributed by atoms with Crippen LogP contribution in [0.3, 0.4) is 0 Å². The lowest BCUT2D eigenvalue weighted by Crippen LogP contribution is -2.25. The van der Waals surface area contributed by atoms with E-state index in [-0.39, 0.29) is 22.9 Å². The van der Waals surface area contributed by atoms with Gasteiger partial charge in [-0.25, -0.2) is 13.1 Å². The van der Waals surface area contributed by atoms with Crippen LogP contribution in [0, 0.1) is 0 Å². The molecule has 3 aromatic rings. The number of hydrogen-bond donors (Lipinski definition) is 2. The predicted octanol–water partition coefficient (Wildman–Crippen LogP) is 2.33. The Bertz CT molecular complexity index is 1090. The molecule has 0 bridgehead atoms. The number of nitrogens with one attached hydrogen (secondary N) is 2. The molecule has 1 aromatic heterocycles. The number of carbonyl (C=O) groups is 1. The summed E-state index contributed by atoms with van der Waals surface area (Å²) in [5.74, 6) is -0.344. The van der Waals surface area contributed by atoms with Crippen molar-refractivity contribution in [1.82, 2.24) is 19.8 Å². The van der Waals surface area contributed by atoms with Crippen molar-refractivity contribution >= 4 is 15.9 Å². The summed E-state index contributed by atoms with van der Waals surface area (Å²) < 4.78 is 28.6. The summed E-state index contributed by atoms with van der Waals surface area (Å²) in [6.45, 7) is 4.58. The Balaban J connectivity index is 1.65. The molecule has 0 aliphatic heterocycles. The maximum absolute atomic E-state index is 12.5. The first-order chi connectivity index (χ1) is 14.0. The van der Waals surface area contributed by atoms with Crippen LogP contribution < -0.4 is 10.0 Å². The number of rotatable bonds is 9. The molecule has 1 amide bonds. The minimum Gasteiger partial charge on any atom is -0.348 e. The van der Waals surface area contributed by atoms with Crippen molar-refractivity contribution in [2.24, 2.45) is 0 Å². The molecular formula is C21H22N4O3S. The number of carbonyl (C=O) groups excluding carboxylic acids is 1. The standard InChI is InChI=1S/C21H22N4O3S/c1-2-10-24-29(27,28)20-9-4-8-19(14-20)21(26)22-15-17-6-3-7-18(13-17)16-25-12-5-11-23-25/h2-9,11-14,24H,1,10,15-16H2,(H,22,26). The van der Waals surface area contributed by atoms with Crippen molar-refractivity contribution in [2.75, 3.05) is 6.54 Å². The molecule has 29 heavy (non-hydrogen) atoms. The molecule has 2 aromatic carbocycles. The molecule has 0 aliphatic rings. The number of sulfonamides is 1. The molecule has 150 valence electrons. The second kappa shape index (κ2) is 9.31. The smallest absolute Gasteiger partial charge is 0.251 e. The van der Waals surface area contributed by atoms with Crippen molar-refractivity contribution < 1.29 is 13.2 Å². The molecule has 1 heterocycles. The van der Waals surface area contributed by atoms with Gasteiger partial charge >= 0.3 is 0 Å². The Morgan fingerprint density at radius 1 is 1.10 bits per heavy atom. The van der Waals surface area contributed by atoms with Crippen LogP contribution in [0.2, 0.25) is 0 Å². The molecule has 7 nitrogen and oxygen atoms in total. The Kier molecular flexibility index (Phi) is 6.58. The first-order valence-corrected chi connectivity index (χ1v) is 10.5. The Morgan fingerprint density at radius 3 is 2.66 bits per heavy atom. The van der Waals surface area contributed by atoms with E-state index in [1.807, 2.05) is 41.2 Å². The molecule has 8 heteroatoms. The van der Waals surface area contributed by atoms with Gasteiger partial charge in [0.25, 0.3) is 5.91 Å². The van der Waals surface area contributed by atoms with Gasteiger partial charge in [0, 0.05) is 31.0 Å². The maximum Gasteiger partial charge on any atom is 0.251 e. The van der Waals surface area contributed by atoms with Crippen LogP contribution in [0.5, 0.6) is 0 Å². The van der Waals surface area contributed by atoms with Gasteiger partial charge in [-0.1, -0.05) is 36.4 Å². The van der Waals surface area contributed by atoms with Crippen molar-refractivity contribution in [3.63, 3.8) is 0 Å². The number of aromatic nitrogens is 2. The van der Waals surface area contributed by atoms with E-state index in [1.165, 1.54) is 18.2 Å². The number of amides is 1. The molecule has 0 aliphatic carbocycles. The molecule has 0 unspecified atom stereocenters. The average Bonchev–Trinajstić information content (AvgIpc) is 3.24. The normalized spacial score (nSPS) is 11.2. The molecule has 0 atom stereocenters. The highest BCUT2D eigenvalue weighted by molar-refractivity contribution is 7.89. The monoisotopic (exact) mass is 410 g/mol. The van der Waals surface area contributed by atoms with Crippen molar-refractivity contribution in [3.05, 3.63) is 96.3 Å². The zero-order valence-corrected chi connectivity index (χ0v) is 16.6. The SMILES string of the molecule is C=CCNS(=O)(=O)c1cccc(C(=O)NCc2cccc(Cn3cccn3)c2)c1. The predicted molar refractivity (Wildman–Crippen MR) is 111 cm³/mol. The van der Waals surface area contributed by atoms with Crippen LogP contribution in [0.25, 0.3) is 0 Å². The van der Waals surface area contributed by atoms with E-state index in [4.69, 9.17) is 0 Å². The quantitative estimate of drug-likeness (QED) is 0.530. The Morgan fingerprint density at radius 2 is 1.90 bits per heavy atom. The van der Waals surface area contributed by atoms with E-state index >= 15 is 0 Å². The van der Waals surface area contributed by atoms with Gasteiger partial charge in [-0.3, -0.25) is 9.48 Å². The molecule has 0 saturated carbocycles. The van der Waals surface area contributed by atoms with Crippen LogP contribution in [0.1, 0.15) is 21.5 Å². The van der Waals surface area contributed by atoms with Crippen LogP contribution in [0.15, 0.2) is 84.5 Å². The lowest BCUT2D eigenvalue weighted by molar-refractivity contribution is 0.0950. The van der Waals surface area contributed by atoms with Crippen LogP contribution in [0.4, 0.5) is 0 Å². The lowest BCUT2D eigenvalue weighted by atomic mass is 10.1. The van der Waals surface area contributed by atoms with Gasteiger partial charge in [-0.2, -0.15) is 5.10 Å². The lowest BCUT2D eigenvalue weighted by Gasteiger charge is -2.09. The van der Waals surface area contributed by atoms with Gasteiger partial charge in [0.2, 0.25) is 10.0 Å². The second-order valence-corrected chi connectivity index (χ2v) is 8.14. The van der Waals surface area contributed by atoms with Gasteiger partial charge in [0.1, 0.15) is 0 Å². The van der Waals surface area contributed by atoms with Gasteiger partial charge < -0.3 is 5.32 Å². The Hall–Kier alpha value is -3.23. The molecule has 0 fully saturated rings. The molecule has 3 rings (SSSR count). The Labute approximate surface area is 170 Å². The summed E-state index contributed by atoms with van der Waals surface area (Å²) in [5.41, 5.74) is 2.29. The molecular weight excluding hydrogens is 388 g/mol. The number of benzene rings is 2. The highest BCUT2D eigenvalue weighted by Gasteiger charge is 2.15. The first-order valence-electron chi connectivity index (χ1n) is 9.02. The van der Waals surface area contributed by atoms with Gasteiger partial charge in [-0.05, 0) is 35.4 Å². The third-order valence-electron chi connectivity index (χ3n) is 4.17. The highest BCUT2D eigenvalue weighted by atomic mass is 32.2. The highest BCUT2D eigenvalue weighted by Crippen LogP contribution is 2.12. The minimum absolute atomic E-state index is 0.0354. The largest absolute Gasteiger partial charge is 0.348 e. The van der Waals surface area contributed by atoms with Crippen LogP contribution >= 0.6 is 0 Å². The van der Waals surface area contributed by atoms with Gasteiger partial charge in [0.15, 0.2) is 0 Å². The molecule has 0 spiro atoms. The van der Waals surface area contributed by atoms with E-state index in [1.54, 1.807) is 18.3 Å². The third-order valence-corrected chi connectivity index (χ3v) is 5.59. The topological polar surface area (TPSA) is 93.1 Å². The minimum atomic E-state index is -3.69. The van der Waals surface area contributed by atoms with E-state index in [0.29, 0.717) is 13.1 Å². The fraction of sp³-hybridized carbons (Fsp3) is 0.143. The van der Waals surface area contributed by atoms with E-state index < -0.39 is 10.0 Å². The summed E-state index contributed by atoms with van der Waals surface area (Å²) >= 11 is 0. The van der Waals surface area contributed by atoms with E-state index in [0.717, 1.165) is 11.1 Å². The summed E-state index contributed by atoms with van der Waals surface area (Å²) in [4.78, 5) is 12.5. The fourth-order valence-electron chi connectivity index (χ4n) is 2.76.